The number of hydrogen-bond acceptors (Lipinski definition) is 3. The molecule has 1 fully saturated rings. The summed E-state index contributed by atoms with van der Waals surface area (Å²) in [5.41, 5.74) is 5.97. The first kappa shape index (κ1) is 15.8. The van der Waals surface area contributed by atoms with Gasteiger partial charge in [-0.2, -0.15) is 0 Å². The molecule has 19 heavy (non-hydrogen) atoms. The van der Waals surface area contributed by atoms with Crippen LogP contribution in [-0.2, 0) is 4.74 Å². The van der Waals surface area contributed by atoms with E-state index in [1.807, 2.05) is 12.1 Å². The maximum atomic E-state index is 6.03. The summed E-state index contributed by atoms with van der Waals surface area (Å²) in [7, 11) is 0. The van der Waals surface area contributed by atoms with Gasteiger partial charge in [-0.05, 0) is 50.4 Å². The van der Waals surface area contributed by atoms with Gasteiger partial charge in [0.1, 0.15) is 18.0 Å². The average molecular weight is 458 g/mol. The summed E-state index contributed by atoms with van der Waals surface area (Å²) >= 11 is 10.5. The molecule has 0 heterocycles. The van der Waals surface area contributed by atoms with Crippen LogP contribution in [0.15, 0.2) is 25.6 Å². The second kappa shape index (κ2) is 6.89. The van der Waals surface area contributed by atoms with Gasteiger partial charge in [-0.15, -0.1) is 0 Å². The number of halogens is 3. The number of nitrogens with two attached hydrogens (primary N) is 1. The molecule has 1 aromatic rings. The highest BCUT2D eigenvalue weighted by Gasteiger charge is 2.42. The van der Waals surface area contributed by atoms with Crippen LogP contribution in [-0.4, -0.2) is 24.9 Å². The lowest BCUT2D eigenvalue weighted by Gasteiger charge is -2.42. The summed E-state index contributed by atoms with van der Waals surface area (Å²) in [5, 5.41) is 0. The number of benzene rings is 1. The molecule has 1 aliphatic carbocycles. The van der Waals surface area contributed by atoms with Crippen molar-refractivity contribution in [2.45, 2.75) is 38.0 Å². The molecule has 106 valence electrons. The van der Waals surface area contributed by atoms with E-state index in [9.17, 15) is 0 Å². The van der Waals surface area contributed by atoms with Crippen molar-refractivity contribution in [3.63, 3.8) is 0 Å². The maximum absolute atomic E-state index is 6.03. The van der Waals surface area contributed by atoms with Gasteiger partial charge >= 0.3 is 0 Å². The lowest BCUT2D eigenvalue weighted by atomic mass is 9.86. The van der Waals surface area contributed by atoms with E-state index >= 15 is 0 Å². The minimum absolute atomic E-state index is 0.0117. The number of rotatable bonds is 5. The molecular formula is C13H16Br3NO2. The highest BCUT2D eigenvalue weighted by atomic mass is 79.9. The van der Waals surface area contributed by atoms with Crippen LogP contribution >= 0.6 is 47.8 Å². The number of ether oxygens (including phenoxy) is 2. The molecule has 2 N–H and O–H groups in total. The maximum Gasteiger partial charge on any atom is 0.148 e. The first-order valence-electron chi connectivity index (χ1n) is 6.21. The van der Waals surface area contributed by atoms with Gasteiger partial charge in [0.15, 0.2) is 0 Å². The van der Waals surface area contributed by atoms with Crippen LogP contribution in [0.2, 0.25) is 0 Å². The zero-order valence-corrected chi connectivity index (χ0v) is 15.3. The smallest absolute Gasteiger partial charge is 0.148 e. The van der Waals surface area contributed by atoms with Crippen LogP contribution in [0.5, 0.6) is 5.75 Å². The highest BCUT2D eigenvalue weighted by molar-refractivity contribution is 9.11. The molecule has 3 unspecified atom stereocenters. The van der Waals surface area contributed by atoms with Crippen LogP contribution < -0.4 is 10.5 Å². The Hall–Kier alpha value is 0.380. The minimum Gasteiger partial charge on any atom is -0.485 e. The summed E-state index contributed by atoms with van der Waals surface area (Å²) in [6, 6.07) is 3.99. The predicted molar refractivity (Wildman–Crippen MR) is 86.6 cm³/mol. The van der Waals surface area contributed by atoms with E-state index < -0.39 is 0 Å². The molecule has 1 aliphatic rings. The molecule has 0 aliphatic heterocycles. The molecule has 0 amide bonds. The van der Waals surface area contributed by atoms with Crippen molar-refractivity contribution < 1.29 is 9.47 Å². The predicted octanol–water partition coefficient (Wildman–Crippen LogP) is 4.25. The van der Waals surface area contributed by atoms with Gasteiger partial charge in [0, 0.05) is 23.5 Å². The highest BCUT2D eigenvalue weighted by Crippen LogP contribution is 2.39. The standard InChI is InChI=1S/C13H16Br3NO2/c1-2-3-18-13-10(17)6-11(13)19-12-8(15)4-7(14)5-9(12)16/h4-5,10-11,13H,2-3,6,17H2,1H3. The molecule has 3 atom stereocenters. The quantitative estimate of drug-likeness (QED) is 0.719. The SMILES string of the molecule is CCCOC1C(N)CC1Oc1c(Br)cc(Br)cc1Br. The molecule has 6 heteroatoms. The van der Waals surface area contributed by atoms with Gasteiger partial charge in [0.2, 0.25) is 0 Å². The van der Waals surface area contributed by atoms with Crippen LogP contribution in [0.3, 0.4) is 0 Å². The van der Waals surface area contributed by atoms with Crippen molar-refractivity contribution >= 4 is 47.8 Å². The Kier molecular flexibility index (Phi) is 5.72. The molecule has 3 nitrogen and oxygen atoms in total. The largest absolute Gasteiger partial charge is 0.485 e. The molecule has 2 rings (SSSR count). The van der Waals surface area contributed by atoms with Gasteiger partial charge < -0.3 is 15.2 Å². The molecule has 0 bridgehead atoms. The molecule has 0 saturated heterocycles. The molecule has 0 aromatic heterocycles. The van der Waals surface area contributed by atoms with Gasteiger partial charge in [-0.25, -0.2) is 0 Å². The fourth-order valence-electron chi connectivity index (χ4n) is 2.01. The minimum atomic E-state index is -0.0117. The van der Waals surface area contributed by atoms with Gasteiger partial charge in [-0.1, -0.05) is 22.9 Å². The fourth-order valence-corrected chi connectivity index (χ4v) is 4.45. The molecule has 1 aromatic carbocycles. The second-order valence-electron chi connectivity index (χ2n) is 4.59. The first-order valence-corrected chi connectivity index (χ1v) is 8.59. The van der Waals surface area contributed by atoms with Crippen LogP contribution in [0, 0.1) is 0 Å². The van der Waals surface area contributed by atoms with Crippen molar-refractivity contribution in [2.75, 3.05) is 6.61 Å². The summed E-state index contributed by atoms with van der Waals surface area (Å²) in [6.07, 6.45) is 1.82. The van der Waals surface area contributed by atoms with Crippen LogP contribution in [0.4, 0.5) is 0 Å². The zero-order chi connectivity index (χ0) is 14.0. The first-order chi connectivity index (χ1) is 9.02. The van der Waals surface area contributed by atoms with E-state index in [-0.39, 0.29) is 18.2 Å². The summed E-state index contributed by atoms with van der Waals surface area (Å²) in [5.74, 6) is 0.796. The van der Waals surface area contributed by atoms with Crippen molar-refractivity contribution in [1.82, 2.24) is 0 Å². The van der Waals surface area contributed by atoms with E-state index in [4.69, 9.17) is 15.2 Å². The van der Waals surface area contributed by atoms with Gasteiger partial charge in [-0.3, -0.25) is 0 Å². The van der Waals surface area contributed by atoms with Crippen LogP contribution in [0.25, 0.3) is 0 Å². The Morgan fingerprint density at radius 2 is 1.89 bits per heavy atom. The van der Waals surface area contributed by atoms with Crippen molar-refractivity contribution in [3.05, 3.63) is 25.6 Å². The Bertz CT molecular complexity index is 433. The Morgan fingerprint density at radius 3 is 2.42 bits per heavy atom. The Balaban J connectivity index is 2.05. The Labute approximate surface area is 138 Å². The van der Waals surface area contributed by atoms with Crippen LogP contribution in [0.1, 0.15) is 19.8 Å². The molecule has 0 radical (unpaired) electrons. The summed E-state index contributed by atoms with van der Waals surface area (Å²) in [4.78, 5) is 0. The van der Waals surface area contributed by atoms with Gasteiger partial charge in [0.25, 0.3) is 0 Å². The van der Waals surface area contributed by atoms with Crippen molar-refractivity contribution in [2.24, 2.45) is 5.73 Å². The summed E-state index contributed by atoms with van der Waals surface area (Å²) < 4.78 is 14.6. The van der Waals surface area contributed by atoms with Crippen molar-refractivity contribution in [1.29, 1.82) is 0 Å². The van der Waals surface area contributed by atoms with Gasteiger partial charge in [0.05, 0.1) is 8.95 Å². The molecular weight excluding hydrogens is 442 g/mol. The summed E-state index contributed by atoms with van der Waals surface area (Å²) in [6.45, 7) is 2.81. The second-order valence-corrected chi connectivity index (χ2v) is 7.21. The van der Waals surface area contributed by atoms with E-state index in [2.05, 4.69) is 54.7 Å². The molecule has 0 spiro atoms. The third kappa shape index (κ3) is 3.73. The van der Waals surface area contributed by atoms with E-state index in [0.717, 1.165) is 38.6 Å². The third-order valence-electron chi connectivity index (χ3n) is 3.04. The fraction of sp³-hybridized carbons (Fsp3) is 0.538. The topological polar surface area (TPSA) is 44.5 Å². The lowest BCUT2D eigenvalue weighted by molar-refractivity contribution is -0.0984. The zero-order valence-electron chi connectivity index (χ0n) is 10.5. The van der Waals surface area contributed by atoms with E-state index in [0.29, 0.717) is 0 Å². The monoisotopic (exact) mass is 455 g/mol. The average Bonchev–Trinajstić information content (AvgIpc) is 2.32. The lowest BCUT2D eigenvalue weighted by Crippen LogP contribution is -2.59. The third-order valence-corrected chi connectivity index (χ3v) is 4.68. The molecule has 1 saturated carbocycles. The van der Waals surface area contributed by atoms with E-state index in [1.54, 1.807) is 0 Å². The van der Waals surface area contributed by atoms with Crippen molar-refractivity contribution in [3.8, 4) is 5.75 Å². The number of hydrogen-bond donors (Lipinski definition) is 1. The van der Waals surface area contributed by atoms with E-state index in [1.165, 1.54) is 0 Å². The Morgan fingerprint density at radius 1 is 1.26 bits per heavy atom. The normalized spacial score (nSPS) is 26.1.